The standard InChI is InChI=1S/C26H18.C26H20.C17H14.C16H16.C11H16/c1-17-14-15-21-20-10-4-7-13-24(20)26(25(21)16-17)22-11-5-2-8-18(22)19-9-3-6-12-23(19)26;1-19-16-17-23-22-14-8-9-15-24(22)26(25(23)18-19,20-10-4-2-5-11-20)21-12-6-3-7-13-21;1-13-6-8-15(9-7-13)17-11-10-14-4-2-3-5-16(14)12-17;1-11-8-9-13-12-6-4-5-7-14(12)16(2,3)15(13)10-11;1-9-5-7-10(8-6-9)11(2,3)4/h2-16H,1H3;2-18H,1H3;2-12H,1H3;4-10H,1-3H3;5-8H,1-4H3. The highest BCUT2D eigenvalue weighted by Crippen LogP contribution is 2.63. The Balaban J connectivity index is 0.000000107. The summed E-state index contributed by atoms with van der Waals surface area (Å²) in [6.45, 7) is 22.1. The molecule has 4 aliphatic rings. The van der Waals surface area contributed by atoms with Crippen LogP contribution >= 0.6 is 0 Å². The largest absolute Gasteiger partial charge is 0.0725 e. The van der Waals surface area contributed by atoms with Crippen molar-refractivity contribution in [2.24, 2.45) is 0 Å². The van der Waals surface area contributed by atoms with E-state index in [9.17, 15) is 0 Å². The third-order valence-corrected chi connectivity index (χ3v) is 20.6. The van der Waals surface area contributed by atoms with Crippen LogP contribution in [-0.4, -0.2) is 0 Å². The van der Waals surface area contributed by atoms with Gasteiger partial charge in [0.15, 0.2) is 0 Å². The Morgan fingerprint density at radius 3 is 0.979 bits per heavy atom. The first-order chi connectivity index (χ1) is 46.6. The zero-order valence-corrected chi connectivity index (χ0v) is 57.2. The summed E-state index contributed by atoms with van der Waals surface area (Å²) in [6.07, 6.45) is 0. The maximum atomic E-state index is 2.40. The molecule has 18 rings (SSSR count). The predicted octanol–water partition coefficient (Wildman–Crippen LogP) is 25.1. The maximum absolute atomic E-state index is 2.40. The molecular weight excluding hydrogens is 1150 g/mol. The summed E-state index contributed by atoms with van der Waals surface area (Å²) in [5.41, 5.74) is 35.5. The summed E-state index contributed by atoms with van der Waals surface area (Å²) in [7, 11) is 0. The lowest BCUT2D eigenvalue weighted by Gasteiger charge is -2.34. The van der Waals surface area contributed by atoms with Gasteiger partial charge in [-0.3, -0.25) is 0 Å². The van der Waals surface area contributed by atoms with Crippen molar-refractivity contribution in [1.82, 2.24) is 0 Å². The normalized spacial score (nSPS) is 13.6. The molecule has 0 heteroatoms. The van der Waals surface area contributed by atoms with Gasteiger partial charge in [0.05, 0.1) is 10.8 Å². The van der Waals surface area contributed by atoms with E-state index in [2.05, 4.69) is 397 Å². The van der Waals surface area contributed by atoms with Crippen LogP contribution in [-0.2, 0) is 21.7 Å². The van der Waals surface area contributed by atoms with Gasteiger partial charge in [-0.1, -0.05) is 384 Å². The van der Waals surface area contributed by atoms with Crippen molar-refractivity contribution in [1.29, 1.82) is 0 Å². The lowest BCUT2D eigenvalue weighted by Crippen LogP contribution is -2.28. The average Bonchev–Trinajstić information content (AvgIpc) is 1.53. The van der Waals surface area contributed by atoms with E-state index < -0.39 is 0 Å². The first-order valence-corrected chi connectivity index (χ1v) is 34.1. The summed E-state index contributed by atoms with van der Waals surface area (Å²) < 4.78 is 0. The molecule has 468 valence electrons. The van der Waals surface area contributed by atoms with E-state index in [0.717, 1.165) is 0 Å². The Kier molecular flexibility index (Phi) is 16.7. The minimum Gasteiger partial charge on any atom is -0.0622 e. The number of hydrogen-bond acceptors (Lipinski definition) is 0. The second-order valence-electron chi connectivity index (χ2n) is 28.3. The Hall–Kier alpha value is -10.7. The first kappa shape index (κ1) is 62.8. The summed E-state index contributed by atoms with van der Waals surface area (Å²) in [5.74, 6) is 0. The van der Waals surface area contributed by atoms with Crippen LogP contribution in [0, 0.1) is 34.6 Å². The van der Waals surface area contributed by atoms with Gasteiger partial charge in [0.1, 0.15) is 0 Å². The molecule has 0 heterocycles. The molecule has 0 saturated heterocycles. The van der Waals surface area contributed by atoms with Gasteiger partial charge >= 0.3 is 0 Å². The highest BCUT2D eigenvalue weighted by atomic mass is 14.5. The maximum Gasteiger partial charge on any atom is 0.0725 e. The third-order valence-electron chi connectivity index (χ3n) is 20.6. The lowest BCUT2D eigenvalue weighted by molar-refractivity contribution is 0.590. The number of benzene rings is 14. The number of fused-ring (bicyclic) bond motifs is 17. The number of hydrogen-bond donors (Lipinski definition) is 0. The highest BCUT2D eigenvalue weighted by Gasteiger charge is 2.51. The van der Waals surface area contributed by atoms with Crippen molar-refractivity contribution in [2.75, 3.05) is 0 Å². The number of rotatable bonds is 3. The molecule has 0 nitrogen and oxygen atoms in total. The third kappa shape index (κ3) is 11.1. The second kappa shape index (κ2) is 25.6. The Labute approximate surface area is 570 Å². The molecule has 14 aromatic rings. The average molecular weight is 1240 g/mol. The fraction of sp³-hybridized carbons (Fsp3) is 0.146. The smallest absolute Gasteiger partial charge is 0.0622 e. The molecule has 0 amide bonds. The zero-order chi connectivity index (χ0) is 66.3. The summed E-state index contributed by atoms with van der Waals surface area (Å²) >= 11 is 0. The first-order valence-electron chi connectivity index (χ1n) is 34.1. The molecule has 0 aliphatic heterocycles. The lowest BCUT2D eigenvalue weighted by atomic mass is 9.67. The zero-order valence-electron chi connectivity index (χ0n) is 57.2. The summed E-state index contributed by atoms with van der Waals surface area (Å²) in [5, 5.41) is 2.59. The molecule has 0 saturated carbocycles. The Morgan fingerprint density at radius 2 is 0.531 bits per heavy atom. The fourth-order valence-corrected chi connectivity index (χ4v) is 15.8. The molecule has 0 N–H and O–H groups in total. The minimum atomic E-state index is -0.263. The van der Waals surface area contributed by atoms with Gasteiger partial charge in [0.2, 0.25) is 0 Å². The van der Waals surface area contributed by atoms with Crippen LogP contribution in [0.5, 0.6) is 0 Å². The van der Waals surface area contributed by atoms with Crippen molar-refractivity contribution < 1.29 is 0 Å². The van der Waals surface area contributed by atoms with Crippen molar-refractivity contribution >= 4 is 10.8 Å². The molecule has 96 heavy (non-hydrogen) atoms. The van der Waals surface area contributed by atoms with Gasteiger partial charge in [0.25, 0.3) is 0 Å². The molecule has 4 aliphatic carbocycles. The molecule has 0 atom stereocenters. The van der Waals surface area contributed by atoms with Crippen LogP contribution in [0.2, 0.25) is 0 Å². The summed E-state index contributed by atoms with van der Waals surface area (Å²) in [4.78, 5) is 0. The van der Waals surface area contributed by atoms with E-state index in [1.54, 1.807) is 0 Å². The quantitative estimate of drug-likeness (QED) is 0.165. The topological polar surface area (TPSA) is 0 Å². The van der Waals surface area contributed by atoms with E-state index in [1.807, 2.05) is 0 Å². The van der Waals surface area contributed by atoms with Crippen molar-refractivity contribution in [2.45, 2.75) is 90.9 Å². The molecular formula is C96H84. The van der Waals surface area contributed by atoms with Crippen LogP contribution in [0.1, 0.15) is 124 Å². The Morgan fingerprint density at radius 1 is 0.219 bits per heavy atom. The minimum absolute atomic E-state index is 0.151. The van der Waals surface area contributed by atoms with Gasteiger partial charge in [-0.25, -0.2) is 0 Å². The van der Waals surface area contributed by atoms with E-state index in [1.165, 1.54) is 155 Å². The monoisotopic (exact) mass is 1240 g/mol. The van der Waals surface area contributed by atoms with E-state index in [4.69, 9.17) is 0 Å². The van der Waals surface area contributed by atoms with E-state index in [0.29, 0.717) is 0 Å². The van der Waals surface area contributed by atoms with Gasteiger partial charge in [-0.05, 0) is 174 Å². The van der Waals surface area contributed by atoms with Gasteiger partial charge in [-0.2, -0.15) is 0 Å². The van der Waals surface area contributed by atoms with Crippen LogP contribution < -0.4 is 0 Å². The van der Waals surface area contributed by atoms with Gasteiger partial charge in [-0.15, -0.1) is 0 Å². The van der Waals surface area contributed by atoms with E-state index >= 15 is 0 Å². The molecule has 14 aromatic carbocycles. The molecule has 0 radical (unpaired) electrons. The molecule has 0 fully saturated rings. The Bertz CT molecular complexity index is 4940. The van der Waals surface area contributed by atoms with Gasteiger partial charge in [0, 0.05) is 5.41 Å². The molecule has 0 aromatic heterocycles. The van der Waals surface area contributed by atoms with Crippen molar-refractivity contribution in [3.63, 3.8) is 0 Å². The highest BCUT2D eigenvalue weighted by molar-refractivity contribution is 5.95. The van der Waals surface area contributed by atoms with Crippen LogP contribution in [0.3, 0.4) is 0 Å². The van der Waals surface area contributed by atoms with Crippen LogP contribution in [0.25, 0.3) is 66.4 Å². The predicted molar refractivity (Wildman–Crippen MR) is 409 cm³/mol. The van der Waals surface area contributed by atoms with Crippen LogP contribution in [0.4, 0.5) is 0 Å². The SMILES string of the molecule is Cc1ccc(-c2ccc3ccccc3c2)cc1.Cc1ccc(C(C)(C)C)cc1.Cc1ccc2c(c1)C(C)(C)c1ccccc1-2.Cc1ccc2c(c1)C(c1ccccc1)(c1ccccc1)c1ccccc1-2.Cc1ccc2c(c1)C1(c3ccccc3-c3ccccc31)c1ccccc1-2. The fourth-order valence-electron chi connectivity index (χ4n) is 15.8. The summed E-state index contributed by atoms with van der Waals surface area (Å²) in [6, 6.07) is 119. The van der Waals surface area contributed by atoms with Crippen molar-refractivity contribution in [3.05, 3.63) is 417 Å². The van der Waals surface area contributed by atoms with Crippen molar-refractivity contribution in [3.8, 4) is 55.6 Å². The molecule has 1 spiro atoms. The number of aryl methyl sites for hydroxylation is 5. The van der Waals surface area contributed by atoms with Gasteiger partial charge < -0.3 is 0 Å². The molecule has 0 bridgehead atoms. The second-order valence-corrected chi connectivity index (χ2v) is 28.3. The molecule has 0 unspecified atom stereocenters. The van der Waals surface area contributed by atoms with E-state index in [-0.39, 0.29) is 21.7 Å². The van der Waals surface area contributed by atoms with Crippen LogP contribution in [0.15, 0.2) is 328 Å².